The SMILES string of the molecule is CC(C)c1ccc(C(C)Nc2cccc(CO)c2)cc1. The van der Waals surface area contributed by atoms with Gasteiger partial charge in [0.1, 0.15) is 0 Å². The molecule has 0 aromatic heterocycles. The van der Waals surface area contributed by atoms with Gasteiger partial charge in [-0.05, 0) is 41.7 Å². The topological polar surface area (TPSA) is 32.3 Å². The van der Waals surface area contributed by atoms with Gasteiger partial charge in [-0.15, -0.1) is 0 Å². The van der Waals surface area contributed by atoms with Crippen LogP contribution in [0.15, 0.2) is 48.5 Å². The van der Waals surface area contributed by atoms with Gasteiger partial charge in [0.25, 0.3) is 0 Å². The van der Waals surface area contributed by atoms with E-state index in [0.717, 1.165) is 11.3 Å². The zero-order valence-electron chi connectivity index (χ0n) is 12.4. The third-order valence-electron chi connectivity index (χ3n) is 3.60. The number of benzene rings is 2. The number of anilines is 1. The Hall–Kier alpha value is -1.80. The number of nitrogens with one attached hydrogen (secondary N) is 1. The average Bonchev–Trinajstić information content (AvgIpc) is 2.47. The summed E-state index contributed by atoms with van der Waals surface area (Å²) in [7, 11) is 0. The normalized spacial score (nSPS) is 12.4. The fraction of sp³-hybridized carbons (Fsp3) is 0.333. The molecule has 0 amide bonds. The van der Waals surface area contributed by atoms with Gasteiger partial charge in [0.05, 0.1) is 6.61 Å². The zero-order chi connectivity index (χ0) is 14.5. The summed E-state index contributed by atoms with van der Waals surface area (Å²) < 4.78 is 0. The monoisotopic (exact) mass is 269 g/mol. The Balaban J connectivity index is 2.08. The smallest absolute Gasteiger partial charge is 0.0682 e. The Kier molecular flexibility index (Phi) is 4.80. The molecule has 2 aromatic carbocycles. The van der Waals surface area contributed by atoms with Crippen LogP contribution < -0.4 is 5.32 Å². The maximum atomic E-state index is 9.17. The second-order valence-corrected chi connectivity index (χ2v) is 5.55. The predicted octanol–water partition coefficient (Wildman–Crippen LogP) is 4.48. The average molecular weight is 269 g/mol. The van der Waals surface area contributed by atoms with E-state index >= 15 is 0 Å². The van der Waals surface area contributed by atoms with Crippen LogP contribution in [0.1, 0.15) is 49.4 Å². The van der Waals surface area contributed by atoms with E-state index in [1.807, 2.05) is 24.3 Å². The summed E-state index contributed by atoms with van der Waals surface area (Å²) in [5.74, 6) is 0.563. The Morgan fingerprint density at radius 3 is 2.20 bits per heavy atom. The molecule has 0 radical (unpaired) electrons. The summed E-state index contributed by atoms with van der Waals surface area (Å²) in [6.07, 6.45) is 0. The van der Waals surface area contributed by atoms with Crippen LogP contribution in [0.3, 0.4) is 0 Å². The molecule has 0 fully saturated rings. The van der Waals surface area contributed by atoms with Crippen molar-refractivity contribution in [1.29, 1.82) is 0 Å². The third kappa shape index (κ3) is 3.61. The molecule has 2 nitrogen and oxygen atoms in total. The Bertz CT molecular complexity index is 546. The van der Waals surface area contributed by atoms with Gasteiger partial charge in [-0.2, -0.15) is 0 Å². The molecule has 1 unspecified atom stereocenters. The summed E-state index contributed by atoms with van der Waals surface area (Å²) in [5.41, 5.74) is 4.60. The number of aliphatic hydroxyl groups is 1. The van der Waals surface area contributed by atoms with Crippen LogP contribution in [0.25, 0.3) is 0 Å². The molecule has 0 aliphatic heterocycles. The molecule has 0 bridgehead atoms. The van der Waals surface area contributed by atoms with Crippen LogP contribution in [0.4, 0.5) is 5.69 Å². The second kappa shape index (κ2) is 6.58. The fourth-order valence-electron chi connectivity index (χ4n) is 2.26. The Labute approximate surface area is 121 Å². The van der Waals surface area contributed by atoms with E-state index in [1.165, 1.54) is 11.1 Å². The van der Waals surface area contributed by atoms with Gasteiger partial charge in [0, 0.05) is 11.7 Å². The lowest BCUT2D eigenvalue weighted by Crippen LogP contribution is -2.07. The number of rotatable bonds is 5. The van der Waals surface area contributed by atoms with E-state index in [1.54, 1.807) is 0 Å². The highest BCUT2D eigenvalue weighted by Crippen LogP contribution is 2.22. The van der Waals surface area contributed by atoms with Crippen molar-refractivity contribution in [2.24, 2.45) is 0 Å². The summed E-state index contributed by atoms with van der Waals surface area (Å²) in [4.78, 5) is 0. The first-order valence-corrected chi connectivity index (χ1v) is 7.16. The van der Waals surface area contributed by atoms with Crippen molar-refractivity contribution in [2.45, 2.75) is 39.3 Å². The number of hydrogen-bond donors (Lipinski definition) is 2. The van der Waals surface area contributed by atoms with Gasteiger partial charge in [-0.3, -0.25) is 0 Å². The standard InChI is InChI=1S/C18H23NO/c1-13(2)16-7-9-17(10-8-16)14(3)19-18-6-4-5-15(11-18)12-20/h4-11,13-14,19-20H,12H2,1-3H3. The molecule has 2 aromatic rings. The van der Waals surface area contributed by atoms with Crippen molar-refractivity contribution in [3.05, 3.63) is 65.2 Å². The minimum absolute atomic E-state index is 0.0764. The molecule has 0 aliphatic rings. The van der Waals surface area contributed by atoms with E-state index < -0.39 is 0 Å². The summed E-state index contributed by atoms with van der Waals surface area (Å²) in [5, 5.41) is 12.6. The summed E-state index contributed by atoms with van der Waals surface area (Å²) in [6.45, 7) is 6.64. The molecule has 2 heteroatoms. The van der Waals surface area contributed by atoms with Crippen LogP contribution in [-0.2, 0) is 6.61 Å². The van der Waals surface area contributed by atoms with Crippen LogP contribution in [-0.4, -0.2) is 5.11 Å². The van der Waals surface area contributed by atoms with Gasteiger partial charge >= 0.3 is 0 Å². The largest absolute Gasteiger partial charge is 0.392 e. The Morgan fingerprint density at radius 1 is 0.950 bits per heavy atom. The van der Waals surface area contributed by atoms with Crippen molar-refractivity contribution in [3.63, 3.8) is 0 Å². The van der Waals surface area contributed by atoms with Crippen LogP contribution >= 0.6 is 0 Å². The lowest BCUT2D eigenvalue weighted by Gasteiger charge is -2.17. The van der Waals surface area contributed by atoms with Gasteiger partial charge in [0.2, 0.25) is 0 Å². The molecule has 20 heavy (non-hydrogen) atoms. The molecule has 0 heterocycles. The highest BCUT2D eigenvalue weighted by Gasteiger charge is 2.06. The van der Waals surface area contributed by atoms with Crippen molar-refractivity contribution in [1.82, 2.24) is 0 Å². The highest BCUT2D eigenvalue weighted by molar-refractivity contribution is 5.47. The molecule has 2 rings (SSSR count). The lowest BCUT2D eigenvalue weighted by molar-refractivity contribution is 0.282. The quantitative estimate of drug-likeness (QED) is 0.839. The van der Waals surface area contributed by atoms with Crippen LogP contribution in [0.2, 0.25) is 0 Å². The number of hydrogen-bond acceptors (Lipinski definition) is 2. The van der Waals surface area contributed by atoms with Gasteiger partial charge in [-0.25, -0.2) is 0 Å². The van der Waals surface area contributed by atoms with Crippen molar-refractivity contribution < 1.29 is 5.11 Å². The Morgan fingerprint density at radius 2 is 1.60 bits per heavy atom. The minimum Gasteiger partial charge on any atom is -0.392 e. The predicted molar refractivity (Wildman–Crippen MR) is 84.9 cm³/mol. The minimum atomic E-state index is 0.0764. The van der Waals surface area contributed by atoms with Gasteiger partial charge in [-0.1, -0.05) is 50.2 Å². The van der Waals surface area contributed by atoms with Gasteiger partial charge in [0.15, 0.2) is 0 Å². The molecule has 1 atom stereocenters. The molecule has 0 saturated carbocycles. The van der Waals surface area contributed by atoms with E-state index in [-0.39, 0.29) is 12.6 Å². The molecule has 106 valence electrons. The van der Waals surface area contributed by atoms with Crippen molar-refractivity contribution in [2.75, 3.05) is 5.32 Å². The third-order valence-corrected chi connectivity index (χ3v) is 3.60. The summed E-state index contributed by atoms with van der Waals surface area (Å²) in [6, 6.07) is 16.9. The second-order valence-electron chi connectivity index (χ2n) is 5.55. The molecule has 2 N–H and O–H groups in total. The van der Waals surface area contributed by atoms with Crippen LogP contribution in [0, 0.1) is 0 Å². The first-order chi connectivity index (χ1) is 9.60. The summed E-state index contributed by atoms with van der Waals surface area (Å²) >= 11 is 0. The number of aliphatic hydroxyl groups excluding tert-OH is 1. The highest BCUT2D eigenvalue weighted by atomic mass is 16.3. The van der Waals surface area contributed by atoms with E-state index in [2.05, 4.69) is 50.4 Å². The van der Waals surface area contributed by atoms with E-state index in [0.29, 0.717) is 5.92 Å². The fourth-order valence-corrected chi connectivity index (χ4v) is 2.26. The maximum Gasteiger partial charge on any atom is 0.0682 e. The van der Waals surface area contributed by atoms with Gasteiger partial charge < -0.3 is 10.4 Å². The first kappa shape index (κ1) is 14.6. The lowest BCUT2D eigenvalue weighted by atomic mass is 9.99. The van der Waals surface area contributed by atoms with Crippen molar-refractivity contribution >= 4 is 5.69 Å². The molecule has 0 spiro atoms. The zero-order valence-corrected chi connectivity index (χ0v) is 12.4. The van der Waals surface area contributed by atoms with Crippen molar-refractivity contribution in [3.8, 4) is 0 Å². The van der Waals surface area contributed by atoms with E-state index in [4.69, 9.17) is 5.11 Å². The molecular formula is C18H23NO. The molecule has 0 saturated heterocycles. The molecule has 0 aliphatic carbocycles. The van der Waals surface area contributed by atoms with E-state index in [9.17, 15) is 0 Å². The van der Waals surface area contributed by atoms with Crippen LogP contribution in [0.5, 0.6) is 0 Å². The maximum absolute atomic E-state index is 9.17. The molecular weight excluding hydrogens is 246 g/mol. The first-order valence-electron chi connectivity index (χ1n) is 7.16.